The molecular formula is C16H11ClF5N5O2. The number of benzene rings is 1. The van der Waals surface area contributed by atoms with Gasteiger partial charge in [0.25, 0.3) is 5.91 Å². The van der Waals surface area contributed by atoms with Gasteiger partial charge in [0.15, 0.2) is 5.69 Å². The molecular weight excluding hydrogens is 425 g/mol. The summed E-state index contributed by atoms with van der Waals surface area (Å²) in [7, 11) is 0. The van der Waals surface area contributed by atoms with Gasteiger partial charge in [-0.3, -0.25) is 4.79 Å². The van der Waals surface area contributed by atoms with Crippen LogP contribution in [0.15, 0.2) is 34.9 Å². The fraction of sp³-hybridized carbons (Fsp3) is 0.250. The molecule has 2 heterocycles. The Balaban J connectivity index is 1.80. The zero-order chi connectivity index (χ0) is 21.3. The predicted molar refractivity (Wildman–Crippen MR) is 89.1 cm³/mol. The standard InChI is InChI=1S/C16H11ClF5N5O2/c1-7(14-24-12(26-29-14)8-3-2-4-9(17)5-8)23-13(28)10-6-11(16(20,21)22)25-27(10)15(18)19/h2-7,15H,1H3,(H,23,28). The van der Waals surface area contributed by atoms with Gasteiger partial charge in [0, 0.05) is 16.7 Å². The first kappa shape index (κ1) is 20.7. The second-order valence-corrected chi connectivity index (χ2v) is 6.23. The van der Waals surface area contributed by atoms with Crippen LogP contribution in [0.3, 0.4) is 0 Å². The first-order valence-electron chi connectivity index (χ1n) is 7.91. The van der Waals surface area contributed by atoms with Crippen LogP contribution in [0, 0.1) is 0 Å². The van der Waals surface area contributed by atoms with Crippen LogP contribution >= 0.6 is 11.6 Å². The summed E-state index contributed by atoms with van der Waals surface area (Å²) in [6.07, 6.45) is -4.99. The van der Waals surface area contributed by atoms with Crippen molar-refractivity contribution in [1.82, 2.24) is 25.2 Å². The van der Waals surface area contributed by atoms with Crippen molar-refractivity contribution in [3.8, 4) is 11.4 Å². The molecule has 0 aliphatic heterocycles. The monoisotopic (exact) mass is 435 g/mol. The highest BCUT2D eigenvalue weighted by Gasteiger charge is 2.37. The lowest BCUT2D eigenvalue weighted by Gasteiger charge is -2.10. The second-order valence-electron chi connectivity index (χ2n) is 5.80. The Bertz CT molecular complexity index is 1030. The summed E-state index contributed by atoms with van der Waals surface area (Å²) in [6.45, 7) is -2.05. The average Bonchev–Trinajstić information content (AvgIpc) is 3.29. The molecule has 0 saturated heterocycles. The first-order valence-corrected chi connectivity index (χ1v) is 8.29. The summed E-state index contributed by atoms with van der Waals surface area (Å²) in [5, 5.41) is 9.13. The number of hydrogen-bond donors (Lipinski definition) is 1. The number of halogens is 6. The lowest BCUT2D eigenvalue weighted by molar-refractivity contribution is -0.142. The maximum absolute atomic E-state index is 13.0. The molecule has 0 radical (unpaired) electrons. The van der Waals surface area contributed by atoms with E-state index < -0.39 is 36.1 Å². The van der Waals surface area contributed by atoms with E-state index in [1.54, 1.807) is 24.3 Å². The van der Waals surface area contributed by atoms with Crippen molar-refractivity contribution >= 4 is 17.5 Å². The summed E-state index contributed by atoms with van der Waals surface area (Å²) in [5.74, 6) is -1.16. The van der Waals surface area contributed by atoms with Gasteiger partial charge in [0.05, 0.1) is 0 Å². The fourth-order valence-electron chi connectivity index (χ4n) is 2.34. The number of aromatic nitrogens is 4. The fourth-order valence-corrected chi connectivity index (χ4v) is 2.53. The Kier molecular flexibility index (Phi) is 5.55. The molecule has 0 bridgehead atoms. The van der Waals surface area contributed by atoms with Gasteiger partial charge in [-0.1, -0.05) is 28.9 Å². The van der Waals surface area contributed by atoms with E-state index >= 15 is 0 Å². The van der Waals surface area contributed by atoms with E-state index in [1.165, 1.54) is 6.92 Å². The van der Waals surface area contributed by atoms with Crippen molar-refractivity contribution in [3.63, 3.8) is 0 Å². The number of rotatable bonds is 5. The number of amides is 1. The topological polar surface area (TPSA) is 85.8 Å². The number of hydrogen-bond acceptors (Lipinski definition) is 5. The highest BCUT2D eigenvalue weighted by Crippen LogP contribution is 2.30. The minimum Gasteiger partial charge on any atom is -0.339 e. The molecule has 0 saturated carbocycles. The van der Waals surface area contributed by atoms with E-state index in [-0.39, 0.29) is 22.5 Å². The molecule has 154 valence electrons. The molecule has 0 aliphatic rings. The van der Waals surface area contributed by atoms with Gasteiger partial charge in [-0.15, -0.1) is 0 Å². The third-order valence-electron chi connectivity index (χ3n) is 3.69. The second kappa shape index (κ2) is 7.78. The molecule has 7 nitrogen and oxygen atoms in total. The van der Waals surface area contributed by atoms with Crippen LogP contribution in [0.4, 0.5) is 22.0 Å². The van der Waals surface area contributed by atoms with E-state index in [0.29, 0.717) is 10.6 Å². The lowest BCUT2D eigenvalue weighted by Crippen LogP contribution is -2.29. The molecule has 2 aromatic heterocycles. The Hall–Kier alpha value is -3.02. The van der Waals surface area contributed by atoms with Crippen molar-refractivity contribution < 1.29 is 31.3 Å². The summed E-state index contributed by atoms with van der Waals surface area (Å²) in [4.78, 5) is 16.3. The largest absolute Gasteiger partial charge is 0.435 e. The minimum absolute atomic E-state index is 0.0903. The first-order chi connectivity index (χ1) is 13.6. The third kappa shape index (κ3) is 4.53. The van der Waals surface area contributed by atoms with E-state index in [2.05, 4.69) is 20.6 Å². The van der Waals surface area contributed by atoms with Gasteiger partial charge < -0.3 is 9.84 Å². The Morgan fingerprint density at radius 3 is 2.62 bits per heavy atom. The van der Waals surface area contributed by atoms with E-state index in [1.807, 2.05) is 0 Å². The summed E-state index contributed by atoms with van der Waals surface area (Å²) < 4.78 is 68.9. The molecule has 0 spiro atoms. The van der Waals surface area contributed by atoms with E-state index in [9.17, 15) is 26.7 Å². The quantitative estimate of drug-likeness (QED) is 0.597. The molecule has 1 amide bonds. The highest BCUT2D eigenvalue weighted by molar-refractivity contribution is 6.30. The summed E-state index contributed by atoms with van der Waals surface area (Å²) >= 11 is 5.88. The van der Waals surface area contributed by atoms with Gasteiger partial charge in [-0.25, -0.2) is 0 Å². The Labute approximate surface area is 164 Å². The van der Waals surface area contributed by atoms with Crippen molar-refractivity contribution in [2.24, 2.45) is 0 Å². The number of carbonyl (C=O) groups is 1. The van der Waals surface area contributed by atoms with E-state index in [4.69, 9.17) is 16.1 Å². The number of carbonyl (C=O) groups excluding carboxylic acids is 1. The molecule has 29 heavy (non-hydrogen) atoms. The lowest BCUT2D eigenvalue weighted by atomic mass is 10.2. The number of nitrogens with one attached hydrogen (secondary N) is 1. The molecule has 1 aromatic carbocycles. The zero-order valence-corrected chi connectivity index (χ0v) is 15.2. The average molecular weight is 436 g/mol. The molecule has 1 atom stereocenters. The van der Waals surface area contributed by atoms with Gasteiger partial charge in [-0.2, -0.15) is 36.7 Å². The number of nitrogens with zero attached hydrogens (tertiary/aromatic N) is 4. The third-order valence-corrected chi connectivity index (χ3v) is 3.92. The maximum Gasteiger partial charge on any atom is 0.435 e. The number of alkyl halides is 5. The van der Waals surface area contributed by atoms with Crippen LogP contribution < -0.4 is 5.32 Å². The highest BCUT2D eigenvalue weighted by atomic mass is 35.5. The SMILES string of the molecule is CC(NC(=O)c1cc(C(F)(F)F)nn1C(F)F)c1nc(-c2cccc(Cl)c2)no1. The predicted octanol–water partition coefficient (Wildman–Crippen LogP) is 4.49. The molecule has 3 aromatic rings. The van der Waals surface area contributed by atoms with Gasteiger partial charge in [-0.05, 0) is 19.1 Å². The van der Waals surface area contributed by atoms with Crippen LogP contribution in [0.25, 0.3) is 11.4 Å². The molecule has 0 fully saturated rings. The van der Waals surface area contributed by atoms with Crippen LogP contribution in [-0.4, -0.2) is 25.8 Å². The Morgan fingerprint density at radius 2 is 2.00 bits per heavy atom. The van der Waals surface area contributed by atoms with Crippen LogP contribution in [0.5, 0.6) is 0 Å². The van der Waals surface area contributed by atoms with E-state index in [0.717, 1.165) is 0 Å². The molecule has 0 aliphatic carbocycles. The van der Waals surface area contributed by atoms with Crippen LogP contribution in [-0.2, 0) is 6.18 Å². The molecule has 3 rings (SSSR count). The van der Waals surface area contributed by atoms with Crippen LogP contribution in [0.2, 0.25) is 5.02 Å². The molecule has 13 heteroatoms. The van der Waals surface area contributed by atoms with Gasteiger partial charge in [0.1, 0.15) is 11.7 Å². The molecule has 1 N–H and O–H groups in total. The van der Waals surface area contributed by atoms with Crippen molar-refractivity contribution in [3.05, 3.63) is 52.6 Å². The maximum atomic E-state index is 13.0. The van der Waals surface area contributed by atoms with Crippen molar-refractivity contribution in [2.75, 3.05) is 0 Å². The summed E-state index contributed by atoms with van der Waals surface area (Å²) in [6, 6.07) is 5.76. The van der Waals surface area contributed by atoms with Crippen molar-refractivity contribution in [2.45, 2.75) is 25.7 Å². The van der Waals surface area contributed by atoms with Gasteiger partial charge >= 0.3 is 12.7 Å². The van der Waals surface area contributed by atoms with Gasteiger partial charge in [0.2, 0.25) is 11.7 Å². The minimum atomic E-state index is -4.99. The van der Waals surface area contributed by atoms with Crippen LogP contribution in [0.1, 0.15) is 41.6 Å². The smallest absolute Gasteiger partial charge is 0.339 e. The summed E-state index contributed by atoms with van der Waals surface area (Å²) in [5.41, 5.74) is -2.05. The normalized spacial score (nSPS) is 13.0. The zero-order valence-electron chi connectivity index (χ0n) is 14.4. The molecule has 1 unspecified atom stereocenters. The van der Waals surface area contributed by atoms with Crippen molar-refractivity contribution in [1.29, 1.82) is 0 Å². The Morgan fingerprint density at radius 1 is 1.28 bits per heavy atom.